The molecule has 2 N–H and O–H groups in total. The Kier molecular flexibility index (Phi) is 5.43. The lowest BCUT2D eigenvalue weighted by molar-refractivity contribution is -0.137. The molecule has 3 nitrogen and oxygen atoms in total. The number of hydrogen-bond acceptors (Lipinski definition) is 3. The van der Waals surface area contributed by atoms with Gasteiger partial charge >= 0.3 is 5.97 Å². The van der Waals surface area contributed by atoms with Crippen LogP contribution >= 0.6 is 34.5 Å². The average Bonchev–Trinajstić information content (AvgIpc) is 2.90. The van der Waals surface area contributed by atoms with Gasteiger partial charge in [0.05, 0.1) is 12.5 Å². The minimum atomic E-state index is -0.846. The van der Waals surface area contributed by atoms with E-state index >= 15 is 0 Å². The number of hydrogen-bond donors (Lipinski definition) is 2. The lowest BCUT2D eigenvalue weighted by Gasteiger charge is -2.16. The molecule has 0 aliphatic heterocycles. The van der Waals surface area contributed by atoms with E-state index < -0.39 is 5.97 Å². The van der Waals surface area contributed by atoms with E-state index in [1.165, 1.54) is 11.3 Å². The third-order valence-electron chi connectivity index (χ3n) is 2.85. The second-order valence-electron chi connectivity index (χ2n) is 4.25. The van der Waals surface area contributed by atoms with Crippen LogP contribution in [0.15, 0.2) is 35.7 Å². The zero-order valence-electron chi connectivity index (χ0n) is 10.5. The van der Waals surface area contributed by atoms with Crippen molar-refractivity contribution >= 4 is 40.5 Å². The Labute approximate surface area is 131 Å². The van der Waals surface area contributed by atoms with Gasteiger partial charge in [-0.3, -0.25) is 4.79 Å². The van der Waals surface area contributed by atoms with E-state index in [0.717, 1.165) is 10.4 Å². The van der Waals surface area contributed by atoms with Crippen LogP contribution in [0.2, 0.25) is 10.0 Å². The molecule has 2 aromatic rings. The van der Waals surface area contributed by atoms with Gasteiger partial charge in [-0.05, 0) is 23.6 Å². The number of thiophene rings is 1. The zero-order valence-corrected chi connectivity index (χ0v) is 12.8. The fourth-order valence-electron chi connectivity index (χ4n) is 1.86. The van der Waals surface area contributed by atoms with Crippen molar-refractivity contribution in [3.8, 4) is 0 Å². The molecule has 20 heavy (non-hydrogen) atoms. The maximum atomic E-state index is 11.0. The average molecular weight is 330 g/mol. The van der Waals surface area contributed by atoms with Crippen molar-refractivity contribution < 1.29 is 9.90 Å². The van der Waals surface area contributed by atoms with Gasteiger partial charge in [-0.2, -0.15) is 0 Å². The summed E-state index contributed by atoms with van der Waals surface area (Å²) in [6, 6.07) is 8.88. The number of carboxylic acid groups (broad SMARTS) is 1. The second kappa shape index (κ2) is 7.09. The Bertz CT molecular complexity index is 567. The molecule has 0 saturated carbocycles. The molecule has 0 aliphatic rings. The summed E-state index contributed by atoms with van der Waals surface area (Å²) >= 11 is 13.7. The molecular weight excluding hydrogens is 317 g/mol. The Morgan fingerprint density at radius 2 is 1.95 bits per heavy atom. The van der Waals surface area contributed by atoms with Crippen LogP contribution in [0.5, 0.6) is 0 Å². The van der Waals surface area contributed by atoms with Gasteiger partial charge in [0.15, 0.2) is 0 Å². The normalized spacial score (nSPS) is 12.3. The van der Waals surface area contributed by atoms with Gasteiger partial charge in [-0.25, -0.2) is 0 Å². The highest BCUT2D eigenvalue weighted by Gasteiger charge is 2.17. The fraction of sp³-hybridized carbons (Fsp3) is 0.214. The second-order valence-corrected chi connectivity index (χ2v) is 6.04. The number of nitrogens with one attached hydrogen (secondary N) is 1. The van der Waals surface area contributed by atoms with Crippen LogP contribution in [0.25, 0.3) is 0 Å². The van der Waals surface area contributed by atoms with E-state index in [1.54, 1.807) is 18.2 Å². The molecule has 106 valence electrons. The highest BCUT2D eigenvalue weighted by Crippen LogP contribution is 2.27. The summed E-state index contributed by atoms with van der Waals surface area (Å²) in [4.78, 5) is 11.9. The molecule has 0 saturated heterocycles. The summed E-state index contributed by atoms with van der Waals surface area (Å²) in [6.45, 7) is 0.425. The Balaban J connectivity index is 2.11. The molecule has 1 aromatic carbocycles. The van der Waals surface area contributed by atoms with Crippen LogP contribution < -0.4 is 5.32 Å². The van der Waals surface area contributed by atoms with Crippen LogP contribution in [0.3, 0.4) is 0 Å². The summed E-state index contributed by atoms with van der Waals surface area (Å²) in [5.41, 5.74) is 0.780. The predicted molar refractivity (Wildman–Crippen MR) is 82.6 cm³/mol. The first-order valence-electron chi connectivity index (χ1n) is 5.99. The zero-order chi connectivity index (χ0) is 14.5. The van der Waals surface area contributed by atoms with Gasteiger partial charge in [0.1, 0.15) is 0 Å². The van der Waals surface area contributed by atoms with Crippen molar-refractivity contribution in [2.24, 2.45) is 0 Å². The smallest absolute Gasteiger partial charge is 0.305 e. The van der Waals surface area contributed by atoms with E-state index in [4.69, 9.17) is 28.3 Å². The molecule has 2 rings (SSSR count). The summed E-state index contributed by atoms with van der Waals surface area (Å²) in [6.07, 6.45) is 0.0165. The van der Waals surface area contributed by atoms with Crippen LogP contribution in [0.1, 0.15) is 22.9 Å². The van der Waals surface area contributed by atoms with Crippen LogP contribution in [-0.4, -0.2) is 11.1 Å². The van der Waals surface area contributed by atoms with E-state index in [9.17, 15) is 4.79 Å². The van der Waals surface area contributed by atoms with Gasteiger partial charge in [-0.1, -0.05) is 35.3 Å². The third-order valence-corrected chi connectivity index (χ3v) is 4.55. The van der Waals surface area contributed by atoms with Crippen molar-refractivity contribution in [2.75, 3.05) is 0 Å². The molecule has 0 amide bonds. The fourth-order valence-corrected chi connectivity index (χ4v) is 3.20. The Morgan fingerprint density at radius 1 is 1.25 bits per heavy atom. The van der Waals surface area contributed by atoms with Crippen molar-refractivity contribution in [3.63, 3.8) is 0 Å². The number of carbonyl (C=O) groups is 1. The largest absolute Gasteiger partial charge is 0.481 e. The monoisotopic (exact) mass is 329 g/mol. The molecule has 0 radical (unpaired) electrons. The summed E-state index contributed by atoms with van der Waals surface area (Å²) in [5, 5.41) is 15.3. The molecule has 0 spiro atoms. The van der Waals surface area contributed by atoms with Crippen molar-refractivity contribution in [1.82, 2.24) is 5.32 Å². The van der Waals surface area contributed by atoms with Crippen LogP contribution in [0, 0.1) is 0 Å². The molecular formula is C14H13Cl2NO2S. The van der Waals surface area contributed by atoms with Gasteiger partial charge < -0.3 is 10.4 Å². The molecule has 0 aliphatic carbocycles. The minimum Gasteiger partial charge on any atom is -0.481 e. The van der Waals surface area contributed by atoms with Crippen molar-refractivity contribution in [1.29, 1.82) is 0 Å². The van der Waals surface area contributed by atoms with Gasteiger partial charge in [0.25, 0.3) is 0 Å². The Hall–Kier alpha value is -1.07. The minimum absolute atomic E-state index is 0.0165. The van der Waals surface area contributed by atoms with E-state index in [1.807, 2.05) is 17.5 Å². The third kappa shape index (κ3) is 3.96. The molecule has 1 heterocycles. The first-order chi connectivity index (χ1) is 9.58. The molecule has 1 unspecified atom stereocenters. The Morgan fingerprint density at radius 3 is 2.50 bits per heavy atom. The summed E-state index contributed by atoms with van der Waals surface area (Å²) in [5.74, 6) is -0.846. The number of carboxylic acids is 1. The lowest BCUT2D eigenvalue weighted by Crippen LogP contribution is -2.23. The van der Waals surface area contributed by atoms with E-state index in [2.05, 4.69) is 5.32 Å². The summed E-state index contributed by atoms with van der Waals surface area (Å²) < 4.78 is 0. The van der Waals surface area contributed by atoms with Gasteiger partial charge in [-0.15, -0.1) is 11.3 Å². The maximum Gasteiger partial charge on any atom is 0.305 e. The highest BCUT2D eigenvalue weighted by molar-refractivity contribution is 7.10. The summed E-state index contributed by atoms with van der Waals surface area (Å²) in [7, 11) is 0. The molecule has 1 aromatic heterocycles. The molecule has 0 bridgehead atoms. The lowest BCUT2D eigenvalue weighted by atomic mass is 10.1. The predicted octanol–water partition coefficient (Wildman–Crippen LogP) is 4.36. The maximum absolute atomic E-state index is 11.0. The van der Waals surface area contributed by atoms with Gasteiger partial charge in [0, 0.05) is 27.0 Å². The van der Waals surface area contributed by atoms with Crippen molar-refractivity contribution in [2.45, 2.75) is 19.0 Å². The standard InChI is InChI=1S/C14H13Cl2NO2S/c15-10-3-1-4-11(16)9(10)8-17-12(7-14(18)19)13-5-2-6-20-13/h1-6,12,17H,7-8H2,(H,18,19). The first kappa shape index (κ1) is 15.3. The molecule has 1 atom stereocenters. The topological polar surface area (TPSA) is 49.3 Å². The first-order valence-corrected chi connectivity index (χ1v) is 7.63. The van der Waals surface area contributed by atoms with Crippen LogP contribution in [-0.2, 0) is 11.3 Å². The quantitative estimate of drug-likeness (QED) is 0.827. The van der Waals surface area contributed by atoms with Crippen LogP contribution in [0.4, 0.5) is 0 Å². The number of rotatable bonds is 6. The van der Waals surface area contributed by atoms with Gasteiger partial charge in [0.2, 0.25) is 0 Å². The van der Waals surface area contributed by atoms with Crippen molar-refractivity contribution in [3.05, 3.63) is 56.2 Å². The van der Waals surface area contributed by atoms with E-state index in [0.29, 0.717) is 16.6 Å². The SMILES string of the molecule is O=C(O)CC(NCc1c(Cl)cccc1Cl)c1cccs1. The molecule has 6 heteroatoms. The number of benzene rings is 1. The number of aliphatic carboxylic acids is 1. The van der Waals surface area contributed by atoms with E-state index in [-0.39, 0.29) is 12.5 Å². The molecule has 0 fully saturated rings. The highest BCUT2D eigenvalue weighted by atomic mass is 35.5. The number of halogens is 2.